The number of carbonyl (C=O) groups excluding carboxylic acids is 1. The van der Waals surface area contributed by atoms with Crippen LogP contribution in [0.15, 0.2) is 0 Å². The van der Waals surface area contributed by atoms with E-state index in [2.05, 4.69) is 10.6 Å². The van der Waals surface area contributed by atoms with E-state index in [9.17, 15) is 20.1 Å². The van der Waals surface area contributed by atoms with Gasteiger partial charge in [0.05, 0.1) is 17.5 Å². The van der Waals surface area contributed by atoms with E-state index in [1.807, 2.05) is 0 Å². The number of thioether (sulfide) groups is 1. The molecule has 8 nitrogen and oxygen atoms in total. The Hall–Kier alpha value is 0.160. The summed E-state index contributed by atoms with van der Waals surface area (Å²) in [6.07, 6.45) is 0.542. The summed E-state index contributed by atoms with van der Waals surface area (Å²) < 4.78 is 11.9. The van der Waals surface area contributed by atoms with Crippen molar-refractivity contribution in [2.75, 3.05) is 25.3 Å². The lowest BCUT2D eigenvalue weighted by atomic mass is 9.87. The highest BCUT2D eigenvalue weighted by Gasteiger charge is 2.49. The molecule has 11 atom stereocenters. The highest BCUT2D eigenvalue weighted by molar-refractivity contribution is 7.99. The zero-order chi connectivity index (χ0) is 23.4. The lowest BCUT2D eigenvalue weighted by molar-refractivity contribution is -0.205. The van der Waals surface area contributed by atoms with Crippen LogP contribution in [-0.4, -0.2) is 99.9 Å². The van der Waals surface area contributed by atoms with Crippen LogP contribution in [0.3, 0.4) is 0 Å². The van der Waals surface area contributed by atoms with E-state index in [0.29, 0.717) is 24.9 Å². The zero-order valence-corrected chi connectivity index (χ0v) is 20.9. The Kier molecular flexibility index (Phi) is 10.2. The Morgan fingerprint density at radius 2 is 2.03 bits per heavy atom. The number of amides is 1. The third kappa shape index (κ3) is 6.04. The van der Waals surface area contributed by atoms with Crippen LogP contribution >= 0.6 is 35.0 Å². The molecule has 32 heavy (non-hydrogen) atoms. The fourth-order valence-electron chi connectivity index (χ4n) is 5.10. The molecule has 3 fully saturated rings. The van der Waals surface area contributed by atoms with E-state index in [4.69, 9.17) is 32.7 Å². The van der Waals surface area contributed by atoms with Crippen molar-refractivity contribution in [1.29, 1.82) is 0 Å². The van der Waals surface area contributed by atoms with Gasteiger partial charge in [0.25, 0.3) is 0 Å². The molecule has 0 spiro atoms. The summed E-state index contributed by atoms with van der Waals surface area (Å²) in [5.41, 5.74) is -0.739. The fourth-order valence-corrected chi connectivity index (χ4v) is 6.14. The number of ether oxygens (including phenoxy) is 2. The van der Waals surface area contributed by atoms with Crippen LogP contribution in [0.2, 0.25) is 0 Å². The predicted molar refractivity (Wildman–Crippen MR) is 125 cm³/mol. The molecular weight excluding hydrogens is 479 g/mol. The Labute approximate surface area is 204 Å². The largest absolute Gasteiger partial charge is 0.388 e. The molecule has 0 bridgehead atoms. The van der Waals surface area contributed by atoms with E-state index in [1.165, 1.54) is 11.8 Å². The molecule has 2 unspecified atom stereocenters. The smallest absolute Gasteiger partial charge is 0.240 e. The van der Waals surface area contributed by atoms with Gasteiger partial charge in [0.1, 0.15) is 35.9 Å². The Morgan fingerprint density at radius 1 is 1.28 bits per heavy atom. The number of aliphatic hydroxyl groups is 3. The molecule has 3 rings (SSSR count). The number of fused-ring (bicyclic) bond motifs is 1. The molecule has 3 heterocycles. The van der Waals surface area contributed by atoms with Crippen molar-refractivity contribution in [3.63, 3.8) is 0 Å². The van der Waals surface area contributed by atoms with Crippen molar-refractivity contribution in [2.24, 2.45) is 11.8 Å². The summed E-state index contributed by atoms with van der Waals surface area (Å²) in [6, 6.07) is -1.30. The molecular formula is C21H36Cl2N2O6S. The second-order valence-electron chi connectivity index (χ2n) is 9.09. The van der Waals surface area contributed by atoms with Crippen LogP contribution in [0, 0.1) is 11.8 Å². The summed E-state index contributed by atoms with van der Waals surface area (Å²) in [5, 5.41) is 36.6. The number of aliphatic hydroxyl groups excluding tert-OH is 3. The van der Waals surface area contributed by atoms with Crippen LogP contribution < -0.4 is 10.6 Å². The second-order valence-corrected chi connectivity index (χ2v) is 11.1. The molecule has 3 aliphatic rings. The van der Waals surface area contributed by atoms with Gasteiger partial charge in [-0.3, -0.25) is 4.79 Å². The Morgan fingerprint density at radius 3 is 2.69 bits per heavy atom. The van der Waals surface area contributed by atoms with E-state index >= 15 is 0 Å². The number of rotatable bonds is 8. The van der Waals surface area contributed by atoms with Gasteiger partial charge in [-0.05, 0) is 50.7 Å². The molecule has 0 aliphatic carbocycles. The van der Waals surface area contributed by atoms with Crippen LogP contribution in [0.25, 0.3) is 0 Å². The highest BCUT2D eigenvalue weighted by atomic mass is 35.5. The number of hydrogen-bond acceptors (Lipinski definition) is 8. The molecule has 11 heteroatoms. The summed E-state index contributed by atoms with van der Waals surface area (Å²) in [6.45, 7) is 3.00. The van der Waals surface area contributed by atoms with Crippen LogP contribution in [-0.2, 0) is 14.3 Å². The average Bonchev–Trinajstić information content (AvgIpc) is 3.05. The van der Waals surface area contributed by atoms with Crippen molar-refractivity contribution in [2.45, 2.75) is 86.0 Å². The Bertz CT molecular complexity index is 619. The average molecular weight is 516 g/mol. The van der Waals surface area contributed by atoms with Gasteiger partial charge in [0.2, 0.25) is 5.91 Å². The van der Waals surface area contributed by atoms with Crippen LogP contribution in [0.1, 0.15) is 32.6 Å². The van der Waals surface area contributed by atoms with Crippen molar-refractivity contribution in [3.05, 3.63) is 0 Å². The minimum absolute atomic E-state index is 0.231. The van der Waals surface area contributed by atoms with Gasteiger partial charge in [-0.1, -0.05) is 0 Å². The molecule has 0 aromatic heterocycles. The summed E-state index contributed by atoms with van der Waals surface area (Å²) >= 11 is 13.5. The van der Waals surface area contributed by atoms with Crippen molar-refractivity contribution >= 4 is 40.9 Å². The van der Waals surface area contributed by atoms with Crippen LogP contribution in [0.4, 0.5) is 0 Å². The molecule has 1 amide bonds. The number of hydrogen-bond donors (Lipinski definition) is 5. The van der Waals surface area contributed by atoms with Gasteiger partial charge in [0, 0.05) is 19.0 Å². The third-order valence-corrected chi connectivity index (χ3v) is 8.28. The standard InChI is InChI=1S/C21H36Cl2N2O6S/c1-10(23)13(19-16(27)15(26)17(28)21(31-19)32-2)25-20(29)14-18-12(9-24-14)8-11(4-3-6-22)5-7-30-18/h10-19,21,24,26-28H,3-9H2,1-2H3,(H,25,29)/t10-,11+,12-,13+,14-,15+,16?,17+,18+,19+,21?/m0/s1. The molecule has 0 aromatic carbocycles. The maximum absolute atomic E-state index is 13.2. The molecule has 0 radical (unpaired) electrons. The molecule has 0 saturated carbocycles. The number of halogens is 2. The van der Waals surface area contributed by atoms with Gasteiger partial charge >= 0.3 is 0 Å². The molecule has 186 valence electrons. The van der Waals surface area contributed by atoms with E-state index in [1.54, 1.807) is 13.2 Å². The summed E-state index contributed by atoms with van der Waals surface area (Å²) in [5.74, 6) is 1.18. The number of alkyl halides is 2. The first-order valence-corrected chi connectivity index (χ1v) is 13.6. The maximum Gasteiger partial charge on any atom is 0.240 e. The van der Waals surface area contributed by atoms with E-state index < -0.39 is 47.3 Å². The third-order valence-electron chi connectivity index (χ3n) is 6.89. The number of carbonyl (C=O) groups is 1. The van der Waals surface area contributed by atoms with Crippen molar-refractivity contribution < 1.29 is 29.6 Å². The van der Waals surface area contributed by atoms with Gasteiger partial charge in [-0.15, -0.1) is 35.0 Å². The van der Waals surface area contributed by atoms with Crippen LogP contribution in [0.5, 0.6) is 0 Å². The summed E-state index contributed by atoms with van der Waals surface area (Å²) in [4.78, 5) is 13.2. The van der Waals surface area contributed by atoms with E-state index in [0.717, 1.165) is 25.7 Å². The molecule has 3 aliphatic heterocycles. The fraction of sp³-hybridized carbons (Fsp3) is 0.952. The first-order valence-electron chi connectivity index (χ1n) is 11.4. The van der Waals surface area contributed by atoms with Gasteiger partial charge in [-0.25, -0.2) is 0 Å². The second kappa shape index (κ2) is 12.2. The number of nitrogens with one attached hydrogen (secondary N) is 2. The topological polar surface area (TPSA) is 120 Å². The van der Waals surface area contributed by atoms with E-state index in [-0.39, 0.29) is 17.9 Å². The Balaban J connectivity index is 1.66. The first kappa shape index (κ1) is 26.8. The van der Waals surface area contributed by atoms with Gasteiger partial charge in [0.15, 0.2) is 0 Å². The normalized spacial score (nSPS) is 42.0. The van der Waals surface area contributed by atoms with Crippen molar-refractivity contribution in [3.8, 4) is 0 Å². The highest BCUT2D eigenvalue weighted by Crippen LogP contribution is 2.34. The lowest BCUT2D eigenvalue weighted by Crippen LogP contribution is -2.65. The molecule has 3 saturated heterocycles. The quantitative estimate of drug-likeness (QED) is 0.300. The monoisotopic (exact) mass is 514 g/mol. The minimum Gasteiger partial charge on any atom is -0.388 e. The molecule has 5 N–H and O–H groups in total. The first-order chi connectivity index (χ1) is 15.3. The minimum atomic E-state index is -1.40. The van der Waals surface area contributed by atoms with Crippen molar-refractivity contribution in [1.82, 2.24) is 10.6 Å². The SMILES string of the molecule is CSC1O[C@H]([C@H](NC(=O)[C@H]2NC[C@@H]3C[C@H](CCCCl)CCO[C@H]32)[C@H](C)Cl)C(O)[C@@H](O)[C@H]1O. The summed E-state index contributed by atoms with van der Waals surface area (Å²) in [7, 11) is 0. The predicted octanol–water partition coefficient (Wildman–Crippen LogP) is 0.671. The lowest BCUT2D eigenvalue weighted by Gasteiger charge is -2.44. The molecule has 0 aromatic rings. The zero-order valence-electron chi connectivity index (χ0n) is 18.5. The maximum atomic E-state index is 13.2. The van der Waals surface area contributed by atoms with Gasteiger partial charge < -0.3 is 35.4 Å². The van der Waals surface area contributed by atoms with Gasteiger partial charge in [-0.2, -0.15) is 0 Å².